The SMILES string of the molecule is CC(CNC(=O)c1ccc(S(=O)(=O)Nc2ccccc2)cc1)c1ccccc1. The summed E-state index contributed by atoms with van der Waals surface area (Å²) in [5, 5.41) is 2.89. The summed E-state index contributed by atoms with van der Waals surface area (Å²) in [5.41, 5.74) is 2.05. The second-order valence-electron chi connectivity index (χ2n) is 6.52. The minimum Gasteiger partial charge on any atom is -0.351 e. The molecule has 0 aliphatic carbocycles. The fraction of sp³-hybridized carbons (Fsp3) is 0.136. The number of carbonyl (C=O) groups excluding carboxylic acids is 1. The molecule has 0 fully saturated rings. The van der Waals surface area contributed by atoms with Crippen molar-refractivity contribution in [3.05, 3.63) is 96.1 Å². The molecule has 28 heavy (non-hydrogen) atoms. The Labute approximate surface area is 165 Å². The highest BCUT2D eigenvalue weighted by molar-refractivity contribution is 7.92. The lowest BCUT2D eigenvalue weighted by Gasteiger charge is -2.13. The van der Waals surface area contributed by atoms with Crippen molar-refractivity contribution in [1.82, 2.24) is 5.32 Å². The van der Waals surface area contributed by atoms with Crippen LogP contribution in [0.4, 0.5) is 5.69 Å². The summed E-state index contributed by atoms with van der Waals surface area (Å²) in [6, 6.07) is 24.5. The zero-order valence-electron chi connectivity index (χ0n) is 15.5. The second-order valence-corrected chi connectivity index (χ2v) is 8.20. The van der Waals surface area contributed by atoms with Crippen molar-refractivity contribution < 1.29 is 13.2 Å². The molecular weight excluding hydrogens is 372 g/mol. The molecule has 0 aliphatic rings. The first-order valence-corrected chi connectivity index (χ1v) is 10.4. The number of rotatable bonds is 7. The van der Waals surface area contributed by atoms with Crippen LogP contribution in [0.1, 0.15) is 28.8 Å². The van der Waals surface area contributed by atoms with Crippen molar-refractivity contribution in [2.75, 3.05) is 11.3 Å². The average molecular weight is 394 g/mol. The Hall–Kier alpha value is -3.12. The number of hydrogen-bond acceptors (Lipinski definition) is 3. The van der Waals surface area contributed by atoms with Gasteiger partial charge in [0.1, 0.15) is 0 Å². The molecule has 0 saturated heterocycles. The van der Waals surface area contributed by atoms with Crippen LogP contribution in [0.5, 0.6) is 0 Å². The van der Waals surface area contributed by atoms with Crippen LogP contribution in [0.15, 0.2) is 89.8 Å². The van der Waals surface area contributed by atoms with Gasteiger partial charge in [0.15, 0.2) is 0 Å². The van der Waals surface area contributed by atoms with Gasteiger partial charge in [-0.2, -0.15) is 0 Å². The molecular formula is C22H22N2O3S. The van der Waals surface area contributed by atoms with Gasteiger partial charge in [-0.25, -0.2) is 8.42 Å². The van der Waals surface area contributed by atoms with Crippen LogP contribution in [0.3, 0.4) is 0 Å². The number of carbonyl (C=O) groups is 1. The zero-order chi connectivity index (χ0) is 20.0. The number of benzene rings is 3. The Bertz CT molecular complexity index is 1020. The van der Waals surface area contributed by atoms with Crippen molar-refractivity contribution in [3.8, 4) is 0 Å². The maximum absolute atomic E-state index is 12.4. The van der Waals surface area contributed by atoms with E-state index in [9.17, 15) is 13.2 Å². The molecule has 5 nitrogen and oxygen atoms in total. The fourth-order valence-corrected chi connectivity index (χ4v) is 3.81. The van der Waals surface area contributed by atoms with E-state index in [-0.39, 0.29) is 16.7 Å². The summed E-state index contributed by atoms with van der Waals surface area (Å²) in [6.45, 7) is 2.54. The Morgan fingerprint density at radius 3 is 2.04 bits per heavy atom. The van der Waals surface area contributed by atoms with Crippen LogP contribution in [0, 0.1) is 0 Å². The predicted octanol–water partition coefficient (Wildman–Crippen LogP) is 4.02. The molecule has 0 saturated carbocycles. The normalized spacial score (nSPS) is 12.2. The molecule has 0 bridgehead atoms. The van der Waals surface area contributed by atoms with Crippen LogP contribution >= 0.6 is 0 Å². The number of para-hydroxylation sites is 1. The van der Waals surface area contributed by atoms with E-state index < -0.39 is 10.0 Å². The van der Waals surface area contributed by atoms with Gasteiger partial charge in [-0.15, -0.1) is 0 Å². The largest absolute Gasteiger partial charge is 0.351 e. The highest BCUT2D eigenvalue weighted by atomic mass is 32.2. The standard InChI is InChI=1S/C22H22N2O3S/c1-17(18-8-4-2-5-9-18)16-23-22(25)19-12-14-21(15-13-19)28(26,27)24-20-10-6-3-7-11-20/h2-15,17,24H,16H2,1H3,(H,23,25). The summed E-state index contributed by atoms with van der Waals surface area (Å²) in [4.78, 5) is 12.5. The third-order valence-electron chi connectivity index (χ3n) is 4.39. The maximum atomic E-state index is 12.4. The average Bonchev–Trinajstić information content (AvgIpc) is 2.73. The van der Waals surface area contributed by atoms with E-state index in [1.165, 1.54) is 24.3 Å². The Morgan fingerprint density at radius 1 is 0.857 bits per heavy atom. The van der Waals surface area contributed by atoms with Crippen LogP contribution in [0.2, 0.25) is 0 Å². The molecule has 0 aromatic heterocycles. The molecule has 1 unspecified atom stereocenters. The van der Waals surface area contributed by atoms with Gasteiger partial charge >= 0.3 is 0 Å². The van der Waals surface area contributed by atoms with Gasteiger partial charge in [-0.1, -0.05) is 55.5 Å². The number of sulfonamides is 1. The molecule has 3 aromatic carbocycles. The van der Waals surface area contributed by atoms with Gasteiger partial charge < -0.3 is 5.32 Å². The van der Waals surface area contributed by atoms with E-state index in [0.717, 1.165) is 5.56 Å². The highest BCUT2D eigenvalue weighted by Gasteiger charge is 2.15. The molecule has 0 aliphatic heterocycles. The van der Waals surface area contributed by atoms with Crippen LogP contribution in [0.25, 0.3) is 0 Å². The van der Waals surface area contributed by atoms with Gasteiger partial charge in [0, 0.05) is 17.8 Å². The Kier molecular flexibility index (Phi) is 6.11. The maximum Gasteiger partial charge on any atom is 0.261 e. The van der Waals surface area contributed by atoms with E-state index >= 15 is 0 Å². The smallest absolute Gasteiger partial charge is 0.261 e. The van der Waals surface area contributed by atoms with Gasteiger partial charge in [0.25, 0.3) is 15.9 Å². The zero-order valence-corrected chi connectivity index (χ0v) is 16.3. The van der Waals surface area contributed by atoms with Crippen molar-refractivity contribution in [1.29, 1.82) is 0 Å². The van der Waals surface area contributed by atoms with Gasteiger partial charge in [-0.05, 0) is 47.9 Å². The second kappa shape index (κ2) is 8.71. The summed E-state index contributed by atoms with van der Waals surface area (Å²) in [7, 11) is -3.70. The van der Waals surface area contributed by atoms with Crippen molar-refractivity contribution in [2.45, 2.75) is 17.7 Å². The monoisotopic (exact) mass is 394 g/mol. The first-order valence-electron chi connectivity index (χ1n) is 8.97. The minimum absolute atomic E-state index is 0.102. The van der Waals surface area contributed by atoms with E-state index in [0.29, 0.717) is 17.8 Å². The van der Waals surface area contributed by atoms with Crippen LogP contribution < -0.4 is 10.0 Å². The molecule has 3 rings (SSSR count). The molecule has 6 heteroatoms. The fourth-order valence-electron chi connectivity index (χ4n) is 2.75. The first kappa shape index (κ1) is 19.6. The van der Waals surface area contributed by atoms with E-state index in [4.69, 9.17) is 0 Å². The number of anilines is 1. The van der Waals surface area contributed by atoms with Crippen molar-refractivity contribution in [2.24, 2.45) is 0 Å². The third kappa shape index (κ3) is 4.98. The van der Waals surface area contributed by atoms with E-state index in [1.807, 2.05) is 43.3 Å². The van der Waals surface area contributed by atoms with Gasteiger partial charge in [0.05, 0.1) is 4.90 Å². The van der Waals surface area contributed by atoms with Crippen LogP contribution in [-0.2, 0) is 10.0 Å². The molecule has 1 amide bonds. The van der Waals surface area contributed by atoms with E-state index in [2.05, 4.69) is 10.0 Å². The molecule has 0 heterocycles. The molecule has 2 N–H and O–H groups in total. The lowest BCUT2D eigenvalue weighted by atomic mass is 10.0. The number of hydrogen-bond donors (Lipinski definition) is 2. The summed E-state index contributed by atoms with van der Waals surface area (Å²) < 4.78 is 27.4. The molecule has 144 valence electrons. The lowest BCUT2D eigenvalue weighted by Crippen LogP contribution is -2.27. The van der Waals surface area contributed by atoms with E-state index in [1.54, 1.807) is 24.3 Å². The summed E-state index contributed by atoms with van der Waals surface area (Å²) in [6.07, 6.45) is 0. The lowest BCUT2D eigenvalue weighted by molar-refractivity contribution is 0.0951. The highest BCUT2D eigenvalue weighted by Crippen LogP contribution is 2.17. The molecule has 1 atom stereocenters. The summed E-state index contributed by atoms with van der Waals surface area (Å²) >= 11 is 0. The number of nitrogens with one attached hydrogen (secondary N) is 2. The third-order valence-corrected chi connectivity index (χ3v) is 5.79. The number of amides is 1. The first-order chi connectivity index (χ1) is 13.5. The Balaban J connectivity index is 1.62. The minimum atomic E-state index is -3.70. The molecule has 0 spiro atoms. The van der Waals surface area contributed by atoms with Crippen molar-refractivity contribution in [3.63, 3.8) is 0 Å². The molecule has 3 aromatic rings. The van der Waals surface area contributed by atoms with Gasteiger partial charge in [0.2, 0.25) is 0 Å². The Morgan fingerprint density at radius 2 is 1.43 bits per heavy atom. The summed E-state index contributed by atoms with van der Waals surface area (Å²) in [5.74, 6) is -0.0531. The quantitative estimate of drug-likeness (QED) is 0.635. The topological polar surface area (TPSA) is 75.3 Å². The predicted molar refractivity (Wildman–Crippen MR) is 111 cm³/mol. The van der Waals surface area contributed by atoms with Crippen LogP contribution in [-0.4, -0.2) is 20.9 Å². The van der Waals surface area contributed by atoms with Gasteiger partial charge in [-0.3, -0.25) is 9.52 Å². The van der Waals surface area contributed by atoms with Crippen molar-refractivity contribution >= 4 is 21.6 Å². The molecule has 0 radical (unpaired) electrons.